The van der Waals surface area contributed by atoms with Crippen molar-refractivity contribution in [1.82, 2.24) is 14.9 Å². The molecule has 0 saturated heterocycles. The molecule has 4 rings (SSSR count). The number of halogens is 1. The van der Waals surface area contributed by atoms with E-state index in [1.54, 1.807) is 6.20 Å². The van der Waals surface area contributed by atoms with E-state index in [0.29, 0.717) is 12.0 Å². The number of nitrogens with zero attached hydrogens (tertiary/aromatic N) is 2. The monoisotopic (exact) mass is 497 g/mol. The molecule has 0 radical (unpaired) electrons. The van der Waals surface area contributed by atoms with E-state index in [0.717, 1.165) is 32.4 Å². The Kier molecular flexibility index (Phi) is 6.48. The van der Waals surface area contributed by atoms with Crippen molar-refractivity contribution in [3.8, 4) is 11.3 Å². The van der Waals surface area contributed by atoms with E-state index in [1.165, 1.54) is 0 Å². The molecule has 0 aliphatic rings. The van der Waals surface area contributed by atoms with E-state index in [9.17, 15) is 4.55 Å². The standard InChI is InChI=1S/C24H24BrN3O2S/c1-24(2,3)31(29)28-20(15-16-9-6-7-14-26-16)17-10-4-5-11-18(17)23-22-19(25)12-8-13-21(22)30-27-23/h4-14,20,28H,15H2,1-3H3/t20?,31-/m0/s1. The molecule has 0 saturated carbocycles. The first-order chi connectivity index (χ1) is 14.8. The highest BCUT2D eigenvalue weighted by Crippen LogP contribution is 2.37. The van der Waals surface area contributed by atoms with Gasteiger partial charge in [0.25, 0.3) is 0 Å². The molecule has 0 amide bonds. The van der Waals surface area contributed by atoms with Gasteiger partial charge in [0.05, 0.1) is 11.4 Å². The summed E-state index contributed by atoms with van der Waals surface area (Å²) in [6.45, 7) is 5.88. The molecule has 1 unspecified atom stereocenters. The minimum atomic E-state index is -1.26. The van der Waals surface area contributed by atoms with Crippen LogP contribution in [0.1, 0.15) is 38.1 Å². The number of rotatable bonds is 6. The van der Waals surface area contributed by atoms with Crippen molar-refractivity contribution >= 4 is 38.3 Å². The number of benzene rings is 2. The minimum absolute atomic E-state index is 0.222. The van der Waals surface area contributed by atoms with Crippen molar-refractivity contribution in [2.45, 2.75) is 38.0 Å². The van der Waals surface area contributed by atoms with Crippen LogP contribution in [0.4, 0.5) is 0 Å². The average molecular weight is 498 g/mol. The number of aromatic nitrogens is 2. The van der Waals surface area contributed by atoms with Gasteiger partial charge in [0.1, 0.15) is 10.4 Å². The zero-order valence-electron chi connectivity index (χ0n) is 17.6. The highest BCUT2D eigenvalue weighted by atomic mass is 79.9. The SMILES string of the molecule is CC(C)(C)[S@+]([O-])NC(Cc1ccccn1)c1ccccc1-c1noc2cccc(Br)c12. The number of nitrogens with one attached hydrogen (secondary N) is 1. The molecule has 0 aliphatic carbocycles. The van der Waals surface area contributed by atoms with E-state index in [1.807, 2.05) is 81.4 Å². The fourth-order valence-corrected chi connectivity index (χ4v) is 4.76. The van der Waals surface area contributed by atoms with E-state index in [2.05, 4.69) is 30.8 Å². The fraction of sp³-hybridized carbons (Fsp3) is 0.250. The van der Waals surface area contributed by atoms with E-state index < -0.39 is 16.1 Å². The van der Waals surface area contributed by atoms with Gasteiger partial charge in [-0.2, -0.15) is 0 Å². The Hall–Kier alpha value is -2.19. The van der Waals surface area contributed by atoms with Gasteiger partial charge in [-0.3, -0.25) is 4.98 Å². The molecule has 0 fully saturated rings. The molecule has 0 spiro atoms. The Balaban J connectivity index is 1.82. The quantitative estimate of drug-likeness (QED) is 0.331. The minimum Gasteiger partial charge on any atom is -0.598 e. The lowest BCUT2D eigenvalue weighted by Crippen LogP contribution is -2.42. The van der Waals surface area contributed by atoms with Gasteiger partial charge in [0.15, 0.2) is 5.58 Å². The maximum atomic E-state index is 13.0. The van der Waals surface area contributed by atoms with Gasteiger partial charge in [-0.25, -0.2) is 0 Å². The molecule has 0 aliphatic heterocycles. The molecule has 4 aromatic rings. The van der Waals surface area contributed by atoms with Crippen LogP contribution in [0.25, 0.3) is 22.2 Å². The summed E-state index contributed by atoms with van der Waals surface area (Å²) in [5.74, 6) is 0. The van der Waals surface area contributed by atoms with Crippen molar-refractivity contribution in [2.24, 2.45) is 0 Å². The van der Waals surface area contributed by atoms with E-state index in [4.69, 9.17) is 4.52 Å². The van der Waals surface area contributed by atoms with Gasteiger partial charge in [0, 0.05) is 39.7 Å². The highest BCUT2D eigenvalue weighted by molar-refractivity contribution is 9.10. The first kappa shape index (κ1) is 22.0. The van der Waals surface area contributed by atoms with E-state index >= 15 is 0 Å². The summed E-state index contributed by atoms with van der Waals surface area (Å²) < 4.78 is 22.5. The topological polar surface area (TPSA) is 74.0 Å². The first-order valence-electron chi connectivity index (χ1n) is 10.1. The van der Waals surface area contributed by atoms with Crippen LogP contribution in [0.15, 0.2) is 75.9 Å². The van der Waals surface area contributed by atoms with Crippen LogP contribution in [-0.4, -0.2) is 19.4 Å². The smallest absolute Gasteiger partial charge is 0.168 e. The van der Waals surface area contributed by atoms with Gasteiger partial charge >= 0.3 is 0 Å². The van der Waals surface area contributed by atoms with Crippen molar-refractivity contribution in [2.75, 3.05) is 0 Å². The lowest BCUT2D eigenvalue weighted by molar-refractivity contribution is 0.459. The summed E-state index contributed by atoms with van der Waals surface area (Å²) in [6.07, 6.45) is 2.37. The second kappa shape index (κ2) is 9.12. The van der Waals surface area contributed by atoms with Gasteiger partial charge < -0.3 is 9.08 Å². The Bertz CT molecular complexity index is 1170. The average Bonchev–Trinajstić information content (AvgIpc) is 3.19. The summed E-state index contributed by atoms with van der Waals surface area (Å²) >= 11 is 2.37. The summed E-state index contributed by atoms with van der Waals surface area (Å²) in [5, 5.41) is 5.30. The molecular weight excluding hydrogens is 474 g/mol. The van der Waals surface area contributed by atoms with Crippen LogP contribution in [0.3, 0.4) is 0 Å². The normalized spacial score (nSPS) is 14.0. The molecule has 2 heterocycles. The van der Waals surface area contributed by atoms with Crippen LogP contribution in [0, 0.1) is 0 Å². The number of hydrogen-bond acceptors (Lipinski definition) is 5. The first-order valence-corrected chi connectivity index (χ1v) is 12.0. The third-order valence-corrected chi connectivity index (χ3v) is 7.26. The van der Waals surface area contributed by atoms with E-state index in [-0.39, 0.29) is 6.04 Å². The number of fused-ring (bicyclic) bond motifs is 1. The summed E-state index contributed by atoms with van der Waals surface area (Å²) in [7, 11) is 0. The molecular formula is C24H24BrN3O2S. The number of hydrogen-bond donors (Lipinski definition) is 1. The maximum absolute atomic E-state index is 13.0. The van der Waals surface area contributed by atoms with Crippen LogP contribution < -0.4 is 4.72 Å². The molecule has 1 N–H and O–H groups in total. The highest BCUT2D eigenvalue weighted by Gasteiger charge is 2.31. The van der Waals surface area contributed by atoms with Crippen LogP contribution in [0.5, 0.6) is 0 Å². The second-order valence-electron chi connectivity index (χ2n) is 8.31. The van der Waals surface area contributed by atoms with Crippen molar-refractivity contribution in [3.63, 3.8) is 0 Å². The van der Waals surface area contributed by atoms with Gasteiger partial charge in [0.2, 0.25) is 0 Å². The van der Waals surface area contributed by atoms with Crippen molar-refractivity contribution in [1.29, 1.82) is 0 Å². The van der Waals surface area contributed by atoms with Crippen LogP contribution in [-0.2, 0) is 17.8 Å². The molecule has 160 valence electrons. The summed E-state index contributed by atoms with van der Waals surface area (Å²) in [5.41, 5.74) is 4.33. The van der Waals surface area contributed by atoms with Gasteiger partial charge in [-0.1, -0.05) is 41.6 Å². The maximum Gasteiger partial charge on any atom is 0.168 e. The molecule has 7 heteroatoms. The zero-order chi connectivity index (χ0) is 22.0. The predicted octanol–water partition coefficient (Wildman–Crippen LogP) is 5.99. The van der Waals surface area contributed by atoms with Crippen LogP contribution in [0.2, 0.25) is 0 Å². The molecule has 2 aromatic carbocycles. The number of pyridine rings is 1. The fourth-order valence-electron chi connectivity index (χ4n) is 3.40. The Labute approximate surface area is 193 Å². The molecule has 2 atom stereocenters. The zero-order valence-corrected chi connectivity index (χ0v) is 20.0. The summed E-state index contributed by atoms with van der Waals surface area (Å²) in [4.78, 5) is 4.49. The van der Waals surface area contributed by atoms with Crippen LogP contribution >= 0.6 is 15.9 Å². The molecule has 2 aromatic heterocycles. The van der Waals surface area contributed by atoms with Gasteiger partial charge in [-0.15, -0.1) is 4.72 Å². The van der Waals surface area contributed by atoms with Crippen molar-refractivity contribution in [3.05, 3.63) is 82.6 Å². The molecule has 0 bridgehead atoms. The lowest BCUT2D eigenvalue weighted by atomic mass is 9.94. The Morgan fingerprint density at radius 1 is 1.06 bits per heavy atom. The molecule has 31 heavy (non-hydrogen) atoms. The molecule has 5 nitrogen and oxygen atoms in total. The largest absolute Gasteiger partial charge is 0.598 e. The predicted molar refractivity (Wildman–Crippen MR) is 129 cm³/mol. The Morgan fingerprint density at radius 2 is 1.84 bits per heavy atom. The van der Waals surface area contributed by atoms with Gasteiger partial charge in [-0.05, 0) is 66.5 Å². The third-order valence-electron chi connectivity index (χ3n) is 4.98. The lowest BCUT2D eigenvalue weighted by Gasteiger charge is -2.29. The van der Waals surface area contributed by atoms with Crippen molar-refractivity contribution < 1.29 is 9.08 Å². The summed E-state index contributed by atoms with van der Waals surface area (Å²) in [6, 6.07) is 19.5. The second-order valence-corrected chi connectivity index (χ2v) is 11.2. The third kappa shape index (κ3) is 4.85. The Morgan fingerprint density at radius 3 is 2.58 bits per heavy atom.